The molecule has 0 bridgehead atoms. The smallest absolute Gasteiger partial charge is 0.167 e. The van der Waals surface area contributed by atoms with Gasteiger partial charge in [0.1, 0.15) is 18.0 Å². The maximum Gasteiger partial charge on any atom is 0.167 e. The molecular weight excluding hydrogens is 317 g/mol. The predicted octanol–water partition coefficient (Wildman–Crippen LogP) is 1.82. The van der Waals surface area contributed by atoms with Crippen LogP contribution in [-0.2, 0) is 4.74 Å². The zero-order valence-corrected chi connectivity index (χ0v) is 11.8. The van der Waals surface area contributed by atoms with Crippen molar-refractivity contribution in [2.45, 2.75) is 36.7 Å². The Labute approximate surface area is 117 Å². The molecule has 0 aliphatic carbocycles. The first-order valence-corrected chi connectivity index (χ1v) is 6.91. The van der Waals surface area contributed by atoms with E-state index in [1.54, 1.807) is 10.9 Å². The van der Waals surface area contributed by atoms with E-state index in [0.717, 1.165) is 0 Å². The molecule has 3 heterocycles. The van der Waals surface area contributed by atoms with Gasteiger partial charge in [-0.25, -0.2) is 19.3 Å². The number of aromatic nitrogens is 4. The zero-order valence-electron chi connectivity index (χ0n) is 10.2. The van der Waals surface area contributed by atoms with Gasteiger partial charge in [0.15, 0.2) is 17.7 Å². The summed E-state index contributed by atoms with van der Waals surface area (Å²) in [6, 6.07) is 0. The van der Waals surface area contributed by atoms with Gasteiger partial charge in [-0.3, -0.25) is 4.57 Å². The predicted molar refractivity (Wildman–Crippen MR) is 71.5 cm³/mol. The Kier molecular flexibility index (Phi) is 3.14. The van der Waals surface area contributed by atoms with Gasteiger partial charge in [0.05, 0.1) is 17.3 Å². The number of halogens is 2. The lowest BCUT2D eigenvalue weighted by molar-refractivity contribution is -0.00639. The van der Waals surface area contributed by atoms with Crippen LogP contribution in [0.25, 0.3) is 11.2 Å². The molecule has 2 N–H and O–H groups in total. The molecule has 1 aliphatic heterocycles. The van der Waals surface area contributed by atoms with E-state index in [0.29, 0.717) is 23.4 Å². The van der Waals surface area contributed by atoms with Crippen molar-refractivity contribution in [3.63, 3.8) is 0 Å². The zero-order chi connectivity index (χ0) is 13.6. The fourth-order valence-corrected chi connectivity index (χ4v) is 3.01. The minimum atomic E-state index is -1.06. The second-order valence-corrected chi connectivity index (χ2v) is 5.50. The third kappa shape index (κ3) is 1.90. The topological polar surface area (TPSA) is 78.9 Å². The lowest BCUT2D eigenvalue weighted by atomic mass is 10.1. The van der Waals surface area contributed by atoms with E-state index in [1.807, 2.05) is 6.92 Å². The van der Waals surface area contributed by atoms with E-state index >= 15 is 0 Å². The highest BCUT2D eigenvalue weighted by atomic mass is 79.9. The van der Waals surface area contributed by atoms with Crippen LogP contribution < -0.4 is 5.73 Å². The van der Waals surface area contributed by atoms with Crippen LogP contribution in [0.15, 0.2) is 12.7 Å². The standard InChI is InChI=1S/C11H13BrFN5O/c1-2-5-7(13)6(12)11(19-5)18-4-17-8-9(14)15-3-16-10(8)18/h3-7,11H,2H2,1H3,(H2,14,15,16)/t5-,6?,7+,11-/m1/s1. The molecule has 1 fully saturated rings. The summed E-state index contributed by atoms with van der Waals surface area (Å²) in [5.74, 6) is 0.303. The fraction of sp³-hybridized carbons (Fsp3) is 0.545. The lowest BCUT2D eigenvalue weighted by Crippen LogP contribution is -2.22. The quantitative estimate of drug-likeness (QED) is 0.850. The molecule has 4 atom stereocenters. The van der Waals surface area contributed by atoms with Gasteiger partial charge >= 0.3 is 0 Å². The summed E-state index contributed by atoms with van der Waals surface area (Å²) < 4.78 is 21.5. The molecule has 6 nitrogen and oxygen atoms in total. The highest BCUT2D eigenvalue weighted by Gasteiger charge is 2.44. The number of imidazole rings is 1. The third-order valence-corrected chi connectivity index (χ3v) is 4.27. The highest BCUT2D eigenvalue weighted by Crippen LogP contribution is 2.38. The number of ether oxygens (including phenoxy) is 1. The van der Waals surface area contributed by atoms with E-state index in [1.165, 1.54) is 6.33 Å². The summed E-state index contributed by atoms with van der Waals surface area (Å²) in [5.41, 5.74) is 6.78. The molecule has 2 aromatic rings. The molecule has 2 aromatic heterocycles. The monoisotopic (exact) mass is 329 g/mol. The first-order valence-electron chi connectivity index (χ1n) is 6.00. The maximum atomic E-state index is 14.0. The van der Waals surface area contributed by atoms with Gasteiger partial charge in [-0.1, -0.05) is 22.9 Å². The van der Waals surface area contributed by atoms with Crippen LogP contribution >= 0.6 is 15.9 Å². The first kappa shape index (κ1) is 12.7. The molecule has 0 radical (unpaired) electrons. The number of hydrogen-bond donors (Lipinski definition) is 1. The second-order valence-electron chi connectivity index (χ2n) is 4.45. The Hall–Kier alpha value is -1.28. The number of nitrogen functional groups attached to an aromatic ring is 1. The van der Waals surface area contributed by atoms with E-state index in [2.05, 4.69) is 30.9 Å². The van der Waals surface area contributed by atoms with Crippen LogP contribution in [0.5, 0.6) is 0 Å². The van der Waals surface area contributed by atoms with Crippen LogP contribution in [0.1, 0.15) is 19.6 Å². The number of hydrogen-bond acceptors (Lipinski definition) is 5. The van der Waals surface area contributed by atoms with Crippen molar-refractivity contribution in [2.24, 2.45) is 0 Å². The summed E-state index contributed by atoms with van der Waals surface area (Å²) in [6.07, 6.45) is 1.55. The van der Waals surface area contributed by atoms with Crippen molar-refractivity contribution >= 4 is 32.9 Å². The van der Waals surface area contributed by atoms with Gasteiger partial charge in [-0.15, -0.1) is 0 Å². The van der Waals surface area contributed by atoms with E-state index < -0.39 is 23.3 Å². The molecule has 1 unspecified atom stereocenters. The van der Waals surface area contributed by atoms with Crippen LogP contribution in [0.4, 0.5) is 10.2 Å². The molecular formula is C11H13BrFN5O. The molecule has 3 rings (SSSR count). The Balaban J connectivity index is 2.04. The molecule has 0 aromatic carbocycles. The number of rotatable bonds is 2. The summed E-state index contributed by atoms with van der Waals surface area (Å²) in [4.78, 5) is 11.7. The van der Waals surface area contributed by atoms with E-state index in [-0.39, 0.29) is 0 Å². The summed E-state index contributed by atoms with van der Waals surface area (Å²) in [5, 5.41) is 0. The summed E-state index contributed by atoms with van der Waals surface area (Å²) >= 11 is 3.35. The highest BCUT2D eigenvalue weighted by molar-refractivity contribution is 9.09. The van der Waals surface area contributed by atoms with Gasteiger partial charge in [-0.2, -0.15) is 0 Å². The molecule has 0 spiro atoms. The second kappa shape index (κ2) is 4.68. The minimum absolute atomic E-state index is 0.303. The van der Waals surface area contributed by atoms with Crippen molar-refractivity contribution in [1.29, 1.82) is 0 Å². The van der Waals surface area contributed by atoms with Gasteiger partial charge < -0.3 is 10.5 Å². The fourth-order valence-electron chi connectivity index (χ4n) is 2.29. The minimum Gasteiger partial charge on any atom is -0.382 e. The SMILES string of the molecule is CC[C@H]1O[C@@H](n2cnc3c(N)ncnc32)C(Br)[C@H]1F. The van der Waals surface area contributed by atoms with E-state index in [4.69, 9.17) is 10.5 Å². The molecule has 0 amide bonds. The number of nitrogens with zero attached hydrogens (tertiary/aromatic N) is 4. The molecule has 19 heavy (non-hydrogen) atoms. The number of fused-ring (bicyclic) bond motifs is 1. The lowest BCUT2D eigenvalue weighted by Gasteiger charge is -2.15. The Morgan fingerprint density at radius 2 is 2.26 bits per heavy atom. The molecule has 1 saturated heterocycles. The van der Waals surface area contributed by atoms with Crippen LogP contribution in [0.2, 0.25) is 0 Å². The summed E-state index contributed by atoms with van der Waals surface area (Å²) in [6.45, 7) is 1.89. The van der Waals surface area contributed by atoms with Gasteiger partial charge in [-0.05, 0) is 6.42 Å². The molecule has 102 valence electrons. The normalized spacial score (nSPS) is 31.1. The average molecular weight is 330 g/mol. The van der Waals surface area contributed by atoms with Crippen molar-refractivity contribution in [1.82, 2.24) is 19.5 Å². The number of alkyl halides is 2. The Morgan fingerprint density at radius 1 is 1.47 bits per heavy atom. The van der Waals surface area contributed by atoms with Crippen LogP contribution in [0.3, 0.4) is 0 Å². The van der Waals surface area contributed by atoms with Crippen LogP contribution in [0, 0.1) is 0 Å². The number of nitrogens with two attached hydrogens (primary N) is 1. The molecule has 0 saturated carbocycles. The largest absolute Gasteiger partial charge is 0.382 e. The van der Waals surface area contributed by atoms with Gasteiger partial charge in [0, 0.05) is 0 Å². The van der Waals surface area contributed by atoms with Crippen molar-refractivity contribution in [3.05, 3.63) is 12.7 Å². The van der Waals surface area contributed by atoms with Crippen LogP contribution in [-0.4, -0.2) is 36.6 Å². The van der Waals surface area contributed by atoms with Gasteiger partial charge in [0.25, 0.3) is 0 Å². The molecule has 8 heteroatoms. The Morgan fingerprint density at radius 3 is 2.95 bits per heavy atom. The van der Waals surface area contributed by atoms with Crippen molar-refractivity contribution in [2.75, 3.05) is 5.73 Å². The van der Waals surface area contributed by atoms with E-state index in [9.17, 15) is 4.39 Å². The maximum absolute atomic E-state index is 14.0. The first-order chi connectivity index (χ1) is 9.13. The van der Waals surface area contributed by atoms with Crippen molar-refractivity contribution < 1.29 is 9.13 Å². The average Bonchev–Trinajstić information content (AvgIpc) is 2.94. The number of anilines is 1. The van der Waals surface area contributed by atoms with Gasteiger partial charge in [0.2, 0.25) is 0 Å². The third-order valence-electron chi connectivity index (χ3n) is 3.31. The van der Waals surface area contributed by atoms with Crippen molar-refractivity contribution in [3.8, 4) is 0 Å². The Bertz CT molecular complexity index is 606. The summed E-state index contributed by atoms with van der Waals surface area (Å²) in [7, 11) is 0. The molecule has 1 aliphatic rings.